The molecule has 1 aliphatic rings. The number of aliphatic imine (C=N–C) groups is 1. The van der Waals surface area contributed by atoms with Crippen LogP contribution in [-0.4, -0.2) is 27.7 Å². The molecule has 6 heteroatoms. The average Bonchev–Trinajstić information content (AvgIpc) is 3.27. The van der Waals surface area contributed by atoms with Crippen molar-refractivity contribution in [2.24, 2.45) is 12.0 Å². The molecule has 0 saturated carbocycles. The smallest absolute Gasteiger partial charge is 0.267 e. The first kappa shape index (κ1) is 19.1. The van der Waals surface area contributed by atoms with Crippen LogP contribution >= 0.6 is 11.8 Å². The van der Waals surface area contributed by atoms with Crippen molar-refractivity contribution in [3.05, 3.63) is 89.1 Å². The van der Waals surface area contributed by atoms with Gasteiger partial charge in [-0.2, -0.15) is 0 Å². The first-order valence-corrected chi connectivity index (χ1v) is 10.0. The Balaban J connectivity index is 1.68. The molecule has 0 aliphatic carbocycles. The minimum atomic E-state index is -0.0401. The lowest BCUT2D eigenvalue weighted by Gasteiger charge is -2.16. The van der Waals surface area contributed by atoms with Gasteiger partial charge in [0.2, 0.25) is 0 Å². The Kier molecular flexibility index (Phi) is 5.53. The maximum absolute atomic E-state index is 13.2. The summed E-state index contributed by atoms with van der Waals surface area (Å²) < 4.78 is 7.21. The van der Waals surface area contributed by atoms with Crippen molar-refractivity contribution in [3.8, 4) is 5.75 Å². The number of methoxy groups -OCH3 is 1. The van der Waals surface area contributed by atoms with E-state index in [4.69, 9.17) is 9.73 Å². The summed E-state index contributed by atoms with van der Waals surface area (Å²) in [5, 5.41) is 0.678. The van der Waals surface area contributed by atoms with E-state index in [0.717, 1.165) is 22.7 Å². The second-order valence-electron chi connectivity index (χ2n) is 6.62. The Morgan fingerprint density at radius 1 is 1.03 bits per heavy atom. The molecule has 3 aromatic rings. The molecule has 0 radical (unpaired) electrons. The van der Waals surface area contributed by atoms with E-state index in [2.05, 4.69) is 0 Å². The van der Waals surface area contributed by atoms with Crippen LogP contribution in [0.3, 0.4) is 0 Å². The Morgan fingerprint density at radius 2 is 1.79 bits per heavy atom. The molecule has 0 N–H and O–H groups in total. The number of thioether (sulfide) groups is 1. The van der Waals surface area contributed by atoms with Crippen LogP contribution in [0.25, 0.3) is 6.08 Å². The fourth-order valence-corrected chi connectivity index (χ4v) is 4.00. The lowest BCUT2D eigenvalue weighted by Crippen LogP contribution is -2.28. The number of benzene rings is 2. The Labute approximate surface area is 174 Å². The van der Waals surface area contributed by atoms with Crippen molar-refractivity contribution in [3.63, 3.8) is 0 Å². The summed E-state index contributed by atoms with van der Waals surface area (Å²) in [5.41, 5.74) is 2.81. The van der Waals surface area contributed by atoms with E-state index in [1.165, 1.54) is 11.8 Å². The van der Waals surface area contributed by atoms with Gasteiger partial charge < -0.3 is 9.30 Å². The zero-order valence-electron chi connectivity index (χ0n) is 16.3. The minimum Gasteiger partial charge on any atom is -0.497 e. The van der Waals surface area contributed by atoms with Crippen LogP contribution in [0.5, 0.6) is 5.75 Å². The van der Waals surface area contributed by atoms with Gasteiger partial charge in [-0.1, -0.05) is 30.3 Å². The number of nitrogens with zero attached hydrogens (tertiary/aromatic N) is 3. The molecule has 4 rings (SSSR count). The minimum absolute atomic E-state index is 0.0401. The number of aryl methyl sites for hydroxylation is 1. The first-order valence-electron chi connectivity index (χ1n) is 9.23. The fourth-order valence-electron chi connectivity index (χ4n) is 3.02. The van der Waals surface area contributed by atoms with Crippen LogP contribution in [0, 0.1) is 0 Å². The van der Waals surface area contributed by atoms with E-state index < -0.39 is 0 Å². The summed E-state index contributed by atoms with van der Waals surface area (Å²) in [5.74, 6) is 0.750. The van der Waals surface area contributed by atoms with Crippen molar-refractivity contribution >= 4 is 34.6 Å². The van der Waals surface area contributed by atoms with Crippen molar-refractivity contribution in [2.45, 2.75) is 6.54 Å². The summed E-state index contributed by atoms with van der Waals surface area (Å²) in [6.45, 7) is 0.450. The largest absolute Gasteiger partial charge is 0.497 e. The van der Waals surface area contributed by atoms with Crippen LogP contribution in [-0.2, 0) is 18.4 Å². The average molecular weight is 404 g/mol. The lowest BCUT2D eigenvalue weighted by atomic mass is 10.2. The van der Waals surface area contributed by atoms with Gasteiger partial charge in [0.05, 0.1) is 24.2 Å². The van der Waals surface area contributed by atoms with E-state index in [1.807, 2.05) is 90.6 Å². The third kappa shape index (κ3) is 4.27. The van der Waals surface area contributed by atoms with Crippen LogP contribution in [0.15, 0.2) is 82.8 Å². The predicted molar refractivity (Wildman–Crippen MR) is 118 cm³/mol. The zero-order chi connectivity index (χ0) is 20.2. The zero-order valence-corrected chi connectivity index (χ0v) is 17.1. The Morgan fingerprint density at radius 3 is 2.45 bits per heavy atom. The number of para-hydroxylation sites is 1. The first-order chi connectivity index (χ1) is 14.1. The van der Waals surface area contributed by atoms with Gasteiger partial charge >= 0.3 is 0 Å². The van der Waals surface area contributed by atoms with Crippen molar-refractivity contribution < 1.29 is 9.53 Å². The number of carbonyl (C=O) groups excluding carboxylic acids is 1. The van der Waals surface area contributed by atoms with Gasteiger partial charge in [0.25, 0.3) is 5.91 Å². The third-order valence-electron chi connectivity index (χ3n) is 4.63. The van der Waals surface area contributed by atoms with Crippen LogP contribution < -0.4 is 4.74 Å². The van der Waals surface area contributed by atoms with Crippen molar-refractivity contribution in [1.29, 1.82) is 0 Å². The van der Waals surface area contributed by atoms with Gasteiger partial charge in [-0.15, -0.1) is 0 Å². The molecule has 1 aliphatic heterocycles. The third-order valence-corrected chi connectivity index (χ3v) is 5.64. The van der Waals surface area contributed by atoms with Crippen molar-refractivity contribution in [2.75, 3.05) is 7.11 Å². The van der Waals surface area contributed by atoms with Gasteiger partial charge in [0, 0.05) is 18.9 Å². The molecule has 0 atom stereocenters. The molecule has 0 spiro atoms. The molecular weight excluding hydrogens is 382 g/mol. The summed E-state index contributed by atoms with van der Waals surface area (Å²) in [6, 6.07) is 21.4. The number of amides is 1. The van der Waals surface area contributed by atoms with E-state index in [9.17, 15) is 4.79 Å². The molecule has 5 nitrogen and oxygen atoms in total. The molecular formula is C23H21N3O2S. The highest BCUT2D eigenvalue weighted by molar-refractivity contribution is 8.18. The highest BCUT2D eigenvalue weighted by Crippen LogP contribution is 2.35. The fraction of sp³-hybridized carbons (Fsp3) is 0.130. The second-order valence-corrected chi connectivity index (χ2v) is 7.63. The number of hydrogen-bond donors (Lipinski definition) is 0. The van der Waals surface area contributed by atoms with Crippen LogP contribution in [0.4, 0.5) is 5.69 Å². The number of rotatable bonds is 5. The number of hydrogen-bond acceptors (Lipinski definition) is 4. The van der Waals surface area contributed by atoms with E-state index in [0.29, 0.717) is 16.6 Å². The lowest BCUT2D eigenvalue weighted by molar-refractivity contribution is -0.122. The Hall–Kier alpha value is -3.25. The van der Waals surface area contributed by atoms with Crippen LogP contribution in [0.2, 0.25) is 0 Å². The summed E-state index contributed by atoms with van der Waals surface area (Å²) in [7, 11) is 3.60. The van der Waals surface area contributed by atoms with Gasteiger partial charge in [-0.3, -0.25) is 9.69 Å². The second kappa shape index (κ2) is 8.41. The maximum Gasteiger partial charge on any atom is 0.267 e. The summed E-state index contributed by atoms with van der Waals surface area (Å²) in [4.78, 5) is 20.3. The Bertz CT molecular complexity index is 1070. The number of amidine groups is 1. The molecule has 2 aromatic carbocycles. The molecule has 0 bridgehead atoms. The SMILES string of the molecule is COc1ccc(CN2C(=O)/C(=C/c3cccn3C)SC2=Nc2ccccc2)cc1. The summed E-state index contributed by atoms with van der Waals surface area (Å²) in [6.07, 6.45) is 3.88. The molecule has 0 unspecified atom stereocenters. The molecule has 1 saturated heterocycles. The van der Waals surface area contributed by atoms with E-state index in [1.54, 1.807) is 12.0 Å². The predicted octanol–water partition coefficient (Wildman–Crippen LogP) is 4.84. The molecule has 1 fully saturated rings. The molecule has 29 heavy (non-hydrogen) atoms. The van der Waals surface area contributed by atoms with Gasteiger partial charge in [-0.25, -0.2) is 4.99 Å². The van der Waals surface area contributed by atoms with Gasteiger partial charge in [-0.05, 0) is 59.8 Å². The van der Waals surface area contributed by atoms with Gasteiger partial charge in [0.15, 0.2) is 5.17 Å². The van der Waals surface area contributed by atoms with Crippen molar-refractivity contribution in [1.82, 2.24) is 9.47 Å². The standard InChI is InChI=1S/C23H21N3O2S/c1-25-14-6-9-19(25)15-21-22(27)26(16-17-10-12-20(28-2)13-11-17)23(29-21)24-18-7-4-3-5-8-18/h3-15H,16H2,1-2H3/b21-15-,24-23?. The quantitative estimate of drug-likeness (QED) is 0.573. The molecule has 1 aromatic heterocycles. The number of carbonyl (C=O) groups is 1. The molecule has 146 valence electrons. The number of ether oxygens (including phenoxy) is 1. The number of aromatic nitrogens is 1. The maximum atomic E-state index is 13.2. The topological polar surface area (TPSA) is 46.8 Å². The van der Waals surface area contributed by atoms with Gasteiger partial charge in [0.1, 0.15) is 5.75 Å². The van der Waals surface area contributed by atoms with Crippen LogP contribution in [0.1, 0.15) is 11.3 Å². The highest BCUT2D eigenvalue weighted by Gasteiger charge is 2.33. The molecule has 1 amide bonds. The van der Waals surface area contributed by atoms with E-state index >= 15 is 0 Å². The normalized spacial score (nSPS) is 16.8. The highest BCUT2D eigenvalue weighted by atomic mass is 32.2. The summed E-state index contributed by atoms with van der Waals surface area (Å²) >= 11 is 1.41. The monoisotopic (exact) mass is 403 g/mol. The van der Waals surface area contributed by atoms with E-state index in [-0.39, 0.29) is 5.91 Å². The molecule has 2 heterocycles.